The topological polar surface area (TPSA) is 207 Å². The van der Waals surface area contributed by atoms with Gasteiger partial charge in [0.25, 0.3) is 5.91 Å². The number of rotatable bonds is 3. The lowest BCUT2D eigenvalue weighted by Gasteiger charge is -2.50. The molecule has 5 atom stereocenters. The first-order valence-electron chi connectivity index (χ1n) is 12.2. The number of benzene rings is 1. The van der Waals surface area contributed by atoms with E-state index in [0.717, 1.165) is 25.7 Å². The van der Waals surface area contributed by atoms with Crippen molar-refractivity contribution in [2.75, 3.05) is 5.32 Å². The van der Waals surface area contributed by atoms with Gasteiger partial charge in [-0.25, -0.2) is 0 Å². The van der Waals surface area contributed by atoms with Gasteiger partial charge in [-0.2, -0.15) is 0 Å². The van der Waals surface area contributed by atoms with Crippen molar-refractivity contribution in [3.63, 3.8) is 0 Å². The molecule has 0 saturated heterocycles. The van der Waals surface area contributed by atoms with E-state index in [1.54, 1.807) is 6.92 Å². The Bertz CT molecular complexity index is 1320. The summed E-state index contributed by atoms with van der Waals surface area (Å²) >= 11 is 0. The van der Waals surface area contributed by atoms with E-state index in [0.29, 0.717) is 5.69 Å². The molecule has 5 rings (SSSR count). The van der Waals surface area contributed by atoms with Crippen LogP contribution >= 0.6 is 0 Å². The lowest BCUT2D eigenvalue weighted by molar-refractivity contribution is -0.160. The number of ketones is 2. The van der Waals surface area contributed by atoms with Gasteiger partial charge >= 0.3 is 0 Å². The van der Waals surface area contributed by atoms with E-state index < -0.39 is 81.8 Å². The summed E-state index contributed by atoms with van der Waals surface area (Å²) < 4.78 is 0. The Morgan fingerprint density at radius 2 is 1.76 bits per heavy atom. The van der Waals surface area contributed by atoms with Gasteiger partial charge in [-0.3, -0.25) is 19.2 Å². The predicted octanol–water partition coefficient (Wildman–Crippen LogP) is 1.08. The Kier molecular flexibility index (Phi) is 5.68. The number of phenolic OH excluding ortho intramolecular Hbond substituents is 1. The molecule has 8 N–H and O–H groups in total. The number of anilines is 1. The van der Waals surface area contributed by atoms with Crippen LogP contribution < -0.4 is 11.1 Å². The zero-order valence-electron chi connectivity index (χ0n) is 20.0. The number of amides is 2. The minimum atomic E-state index is -2.89. The molecule has 11 nitrogen and oxygen atoms in total. The van der Waals surface area contributed by atoms with Crippen LogP contribution in [-0.2, 0) is 19.2 Å². The first-order valence-corrected chi connectivity index (χ1v) is 12.2. The predicted molar refractivity (Wildman–Crippen MR) is 128 cm³/mol. The second-order valence-electron chi connectivity index (χ2n) is 10.4. The molecule has 1 unspecified atom stereocenters. The second-order valence-corrected chi connectivity index (χ2v) is 10.4. The number of fused-ring (bicyclic) bond motifs is 3. The van der Waals surface area contributed by atoms with E-state index in [9.17, 15) is 44.7 Å². The zero-order valence-corrected chi connectivity index (χ0v) is 20.0. The Balaban J connectivity index is 1.68. The van der Waals surface area contributed by atoms with Crippen molar-refractivity contribution in [1.82, 2.24) is 0 Å². The van der Waals surface area contributed by atoms with Gasteiger partial charge in [-0.1, -0.05) is 19.8 Å². The number of hydrogen-bond acceptors (Lipinski definition) is 9. The number of Topliss-reactive ketones (excluding diaryl/α,β-unsaturated/α-hetero) is 2. The van der Waals surface area contributed by atoms with Crippen LogP contribution in [0.25, 0.3) is 5.76 Å². The van der Waals surface area contributed by atoms with Crippen molar-refractivity contribution in [2.24, 2.45) is 23.5 Å². The maximum Gasteiger partial charge on any atom is 0.255 e. The summed E-state index contributed by atoms with van der Waals surface area (Å²) in [5.41, 5.74) is 1.31. The van der Waals surface area contributed by atoms with Gasteiger partial charge in [0.05, 0.1) is 11.7 Å². The van der Waals surface area contributed by atoms with Crippen molar-refractivity contribution in [3.05, 3.63) is 40.2 Å². The average Bonchev–Trinajstić information content (AvgIpc) is 3.38. The summed E-state index contributed by atoms with van der Waals surface area (Å²) in [7, 11) is 0. The smallest absolute Gasteiger partial charge is 0.255 e. The van der Waals surface area contributed by atoms with E-state index in [1.165, 1.54) is 12.1 Å². The highest BCUT2D eigenvalue weighted by Crippen LogP contribution is 2.56. The Labute approximate surface area is 211 Å². The molecule has 2 fully saturated rings. The van der Waals surface area contributed by atoms with Crippen LogP contribution in [0.1, 0.15) is 56.1 Å². The van der Waals surface area contributed by atoms with Crippen molar-refractivity contribution < 1.29 is 44.7 Å². The molecule has 0 bridgehead atoms. The molecule has 0 aliphatic heterocycles. The molecular weight excluding hydrogens is 484 g/mol. The Hall–Kier alpha value is -3.70. The molecule has 0 radical (unpaired) electrons. The molecule has 2 amide bonds. The average molecular weight is 513 g/mol. The molecule has 196 valence electrons. The summed E-state index contributed by atoms with van der Waals surface area (Å²) in [6.45, 7) is 1.62. The molecule has 0 spiro atoms. The van der Waals surface area contributed by atoms with Gasteiger partial charge in [0.1, 0.15) is 22.8 Å². The van der Waals surface area contributed by atoms with Gasteiger partial charge in [-0.15, -0.1) is 0 Å². The Morgan fingerprint density at radius 3 is 2.38 bits per heavy atom. The number of carbonyl (C=O) groups is 4. The monoisotopic (exact) mass is 512 g/mol. The van der Waals surface area contributed by atoms with Crippen molar-refractivity contribution in [2.45, 2.75) is 56.7 Å². The van der Waals surface area contributed by atoms with Gasteiger partial charge < -0.3 is 36.6 Å². The highest BCUT2D eigenvalue weighted by molar-refractivity contribution is 6.23. The van der Waals surface area contributed by atoms with Crippen LogP contribution in [0, 0.1) is 17.8 Å². The number of aliphatic hydroxyl groups excluding tert-OH is 3. The SMILES string of the molecule is CC1c2c(NC(=O)C3CCCC3)ccc(O)c2C(O)=C2C(=O)[C@]3(O)C(O)=C(C(N)=O)C(=O)C[C@@H]3[C@@H](O)[C@@H]21. The van der Waals surface area contributed by atoms with Crippen LogP contribution in [-0.4, -0.2) is 60.6 Å². The quantitative estimate of drug-likeness (QED) is 0.228. The van der Waals surface area contributed by atoms with Crippen molar-refractivity contribution in [3.8, 4) is 5.75 Å². The standard InChI is InChI=1S/C26H28N2O9/c1-9-15-12(28-25(36)10-4-2-3-5-10)6-7-13(29)17(15)21(32)19-16(9)20(31)11-8-14(30)18(24(27)35)22(33)26(11,37)23(19)34/h6-7,9-11,16,20,29,31-33,37H,2-5,8H2,1H3,(H2,27,35)(H,28,36)/t9?,11-,16-,20-,26-/m1/s1. The maximum atomic E-state index is 13.7. The van der Waals surface area contributed by atoms with Crippen LogP contribution in [0.5, 0.6) is 5.75 Å². The van der Waals surface area contributed by atoms with Gasteiger partial charge in [-0.05, 0) is 36.5 Å². The molecular formula is C26H28N2O9. The fourth-order valence-electron chi connectivity index (χ4n) is 6.61. The third-order valence-corrected chi connectivity index (χ3v) is 8.46. The van der Waals surface area contributed by atoms with Crippen LogP contribution in [0.2, 0.25) is 0 Å². The number of primary amides is 1. The normalized spacial score (nSPS) is 31.6. The Morgan fingerprint density at radius 1 is 1.11 bits per heavy atom. The fraction of sp³-hybridized carbons (Fsp3) is 0.462. The summed E-state index contributed by atoms with van der Waals surface area (Å²) in [4.78, 5) is 50.9. The third kappa shape index (κ3) is 3.33. The summed E-state index contributed by atoms with van der Waals surface area (Å²) in [6, 6.07) is 2.72. The highest BCUT2D eigenvalue weighted by Gasteiger charge is 2.65. The maximum absolute atomic E-state index is 13.7. The van der Waals surface area contributed by atoms with E-state index in [2.05, 4.69) is 5.32 Å². The van der Waals surface area contributed by atoms with Gasteiger partial charge in [0.2, 0.25) is 11.7 Å². The number of hydrogen-bond donors (Lipinski definition) is 7. The first-order chi connectivity index (χ1) is 17.4. The number of aromatic hydroxyl groups is 1. The molecule has 1 aromatic rings. The molecule has 2 saturated carbocycles. The van der Waals surface area contributed by atoms with Crippen LogP contribution in [0.4, 0.5) is 5.69 Å². The van der Waals surface area contributed by atoms with Crippen LogP contribution in [0.3, 0.4) is 0 Å². The van der Waals surface area contributed by atoms with Crippen molar-refractivity contribution >= 4 is 34.8 Å². The molecule has 4 aliphatic carbocycles. The number of aliphatic hydroxyl groups is 4. The number of phenols is 1. The largest absolute Gasteiger partial charge is 0.508 e. The molecule has 1 aromatic carbocycles. The van der Waals surface area contributed by atoms with E-state index in [-0.39, 0.29) is 23.0 Å². The number of nitrogens with one attached hydrogen (secondary N) is 1. The van der Waals surface area contributed by atoms with E-state index in [4.69, 9.17) is 5.73 Å². The summed E-state index contributed by atoms with van der Waals surface area (Å²) in [5.74, 6) is -9.79. The van der Waals surface area contributed by atoms with Crippen molar-refractivity contribution in [1.29, 1.82) is 0 Å². The summed E-state index contributed by atoms with van der Waals surface area (Å²) in [6.07, 6.45) is 1.07. The second kappa shape index (κ2) is 8.42. The number of nitrogens with two attached hydrogens (primary N) is 1. The number of carbonyl (C=O) groups excluding carboxylic acids is 4. The molecule has 0 aromatic heterocycles. The van der Waals surface area contributed by atoms with E-state index >= 15 is 0 Å². The molecule has 37 heavy (non-hydrogen) atoms. The molecule has 4 aliphatic rings. The van der Waals surface area contributed by atoms with Crippen LogP contribution in [0.15, 0.2) is 29.0 Å². The van der Waals surface area contributed by atoms with Gasteiger partial charge in [0, 0.05) is 35.4 Å². The fourth-order valence-corrected chi connectivity index (χ4v) is 6.61. The molecule has 0 heterocycles. The summed E-state index contributed by atoms with van der Waals surface area (Å²) in [5, 5.41) is 58.1. The minimum Gasteiger partial charge on any atom is -0.508 e. The first kappa shape index (κ1) is 25.0. The molecule has 11 heteroatoms. The third-order valence-electron chi connectivity index (χ3n) is 8.46. The highest BCUT2D eigenvalue weighted by atomic mass is 16.4. The van der Waals surface area contributed by atoms with E-state index in [1.807, 2.05) is 0 Å². The minimum absolute atomic E-state index is 0.156. The lowest BCUT2D eigenvalue weighted by atomic mass is 9.55. The van der Waals surface area contributed by atoms with Gasteiger partial charge in [0.15, 0.2) is 11.4 Å². The lowest BCUT2D eigenvalue weighted by Crippen LogP contribution is -2.63. The zero-order chi connectivity index (χ0) is 27.0.